The first kappa shape index (κ1) is 15.1. The molecule has 0 spiro atoms. The fourth-order valence-electron chi connectivity index (χ4n) is 3.34. The van der Waals surface area contributed by atoms with Crippen LogP contribution in [0, 0.1) is 5.92 Å². The Morgan fingerprint density at radius 2 is 1.91 bits per heavy atom. The number of carbonyl (C=O) groups is 1. The first-order valence-corrected chi connectivity index (χ1v) is 9.39. The molecule has 2 atom stereocenters. The van der Waals surface area contributed by atoms with E-state index in [2.05, 4.69) is 12.1 Å². The summed E-state index contributed by atoms with van der Waals surface area (Å²) in [6.45, 7) is 0.814. The monoisotopic (exact) mass is 343 g/mol. The van der Waals surface area contributed by atoms with Gasteiger partial charge in [-0.3, -0.25) is 4.79 Å². The lowest BCUT2D eigenvalue weighted by atomic mass is 10.1. The predicted octanol–water partition coefficient (Wildman–Crippen LogP) is 4.97. The Morgan fingerprint density at radius 3 is 2.78 bits per heavy atom. The zero-order chi connectivity index (χ0) is 15.8. The van der Waals surface area contributed by atoms with Gasteiger partial charge in [0.1, 0.15) is 0 Å². The topological polar surface area (TPSA) is 20.3 Å². The number of fused-ring (bicyclic) bond motifs is 1. The summed E-state index contributed by atoms with van der Waals surface area (Å²) in [5.41, 5.74) is 2.19. The van der Waals surface area contributed by atoms with Crippen molar-refractivity contribution in [2.24, 2.45) is 5.92 Å². The van der Waals surface area contributed by atoms with Gasteiger partial charge in [0.15, 0.2) is 0 Å². The predicted molar refractivity (Wildman–Crippen MR) is 96.4 cm³/mol. The average Bonchev–Trinajstić information content (AvgIpc) is 3.38. The van der Waals surface area contributed by atoms with Crippen LogP contribution >= 0.6 is 23.4 Å². The maximum Gasteiger partial charge on any atom is 0.230 e. The molecule has 0 bridgehead atoms. The largest absolute Gasteiger partial charge is 0.311 e. The molecule has 118 valence electrons. The quantitative estimate of drug-likeness (QED) is 0.767. The lowest BCUT2D eigenvalue weighted by molar-refractivity contribution is -0.119. The van der Waals surface area contributed by atoms with E-state index in [9.17, 15) is 4.79 Å². The van der Waals surface area contributed by atoms with Crippen LogP contribution in [0.1, 0.15) is 24.3 Å². The van der Waals surface area contributed by atoms with E-state index in [0.717, 1.165) is 41.4 Å². The summed E-state index contributed by atoms with van der Waals surface area (Å²) < 4.78 is 0. The van der Waals surface area contributed by atoms with Gasteiger partial charge in [-0.2, -0.15) is 0 Å². The molecule has 1 heterocycles. The number of halogens is 1. The van der Waals surface area contributed by atoms with Gasteiger partial charge in [0.25, 0.3) is 0 Å². The third kappa shape index (κ3) is 2.88. The number of hydrogen-bond donors (Lipinski definition) is 0. The molecular formula is C19H18ClNOS. The van der Waals surface area contributed by atoms with E-state index >= 15 is 0 Å². The molecule has 4 heteroatoms. The van der Waals surface area contributed by atoms with Gasteiger partial charge in [0, 0.05) is 22.4 Å². The Hall–Kier alpha value is -1.45. The minimum atomic E-state index is 0.0751. The number of carbonyl (C=O) groups excluding carboxylic acids is 1. The third-order valence-corrected chi connectivity index (χ3v) is 6.11. The number of hydrogen-bond acceptors (Lipinski definition) is 2. The Labute approximate surface area is 145 Å². The molecule has 2 aromatic carbocycles. The van der Waals surface area contributed by atoms with Crippen LogP contribution in [0.3, 0.4) is 0 Å². The summed E-state index contributed by atoms with van der Waals surface area (Å²) in [5, 5.41) is 0.777. The second kappa shape index (κ2) is 6.21. The van der Waals surface area contributed by atoms with Crippen molar-refractivity contribution in [3.05, 3.63) is 59.1 Å². The zero-order valence-electron chi connectivity index (χ0n) is 12.7. The molecule has 1 aliphatic carbocycles. The smallest absolute Gasteiger partial charge is 0.230 e. The molecular weight excluding hydrogens is 326 g/mol. The SMILES string of the molecule is O=C(C1CC1c1ccccc1Cl)N1CCCSc2ccccc21. The molecule has 2 unspecified atom stereocenters. The molecule has 0 saturated heterocycles. The summed E-state index contributed by atoms with van der Waals surface area (Å²) in [6.07, 6.45) is 1.95. The second-order valence-corrected chi connectivity index (χ2v) is 7.67. The van der Waals surface area contributed by atoms with Crippen LogP contribution in [0.15, 0.2) is 53.4 Å². The second-order valence-electron chi connectivity index (χ2n) is 6.13. The molecule has 1 saturated carbocycles. The summed E-state index contributed by atoms with van der Waals surface area (Å²) in [5.74, 6) is 1.68. The third-order valence-electron chi connectivity index (χ3n) is 4.62. The van der Waals surface area contributed by atoms with Gasteiger partial charge in [-0.25, -0.2) is 0 Å². The lowest BCUT2D eigenvalue weighted by Crippen LogP contribution is -2.33. The number of rotatable bonds is 2. The van der Waals surface area contributed by atoms with Crippen molar-refractivity contribution in [2.45, 2.75) is 23.7 Å². The highest BCUT2D eigenvalue weighted by atomic mass is 35.5. The minimum absolute atomic E-state index is 0.0751. The molecule has 1 aliphatic heterocycles. The van der Waals surface area contributed by atoms with Crippen LogP contribution in [0.2, 0.25) is 5.02 Å². The van der Waals surface area contributed by atoms with Gasteiger partial charge in [0.05, 0.1) is 5.69 Å². The summed E-state index contributed by atoms with van der Waals surface area (Å²) in [7, 11) is 0. The van der Waals surface area contributed by atoms with Crippen LogP contribution in [0.25, 0.3) is 0 Å². The minimum Gasteiger partial charge on any atom is -0.311 e. The van der Waals surface area contributed by atoms with Gasteiger partial charge in [-0.15, -0.1) is 11.8 Å². The highest BCUT2D eigenvalue weighted by Gasteiger charge is 2.47. The molecule has 1 fully saturated rings. The molecule has 0 N–H and O–H groups in total. The number of benzene rings is 2. The maximum atomic E-state index is 13.0. The summed E-state index contributed by atoms with van der Waals surface area (Å²) >= 11 is 8.14. The van der Waals surface area contributed by atoms with E-state index in [1.165, 1.54) is 4.90 Å². The van der Waals surface area contributed by atoms with E-state index in [4.69, 9.17) is 11.6 Å². The first-order valence-electron chi connectivity index (χ1n) is 8.03. The zero-order valence-corrected chi connectivity index (χ0v) is 14.3. The maximum absolute atomic E-state index is 13.0. The molecule has 23 heavy (non-hydrogen) atoms. The molecule has 0 aromatic heterocycles. The van der Waals surface area contributed by atoms with Gasteiger partial charge < -0.3 is 4.90 Å². The summed E-state index contributed by atoms with van der Waals surface area (Å²) in [4.78, 5) is 16.3. The van der Waals surface area contributed by atoms with Crippen molar-refractivity contribution in [2.75, 3.05) is 17.2 Å². The van der Waals surface area contributed by atoms with Crippen LogP contribution in [-0.2, 0) is 4.79 Å². The van der Waals surface area contributed by atoms with Gasteiger partial charge in [-0.05, 0) is 48.3 Å². The molecule has 2 aliphatic rings. The van der Waals surface area contributed by atoms with E-state index in [0.29, 0.717) is 0 Å². The lowest BCUT2D eigenvalue weighted by Gasteiger charge is -2.22. The van der Waals surface area contributed by atoms with Crippen LogP contribution in [-0.4, -0.2) is 18.2 Å². The highest BCUT2D eigenvalue weighted by Crippen LogP contribution is 2.51. The Balaban J connectivity index is 1.58. The van der Waals surface area contributed by atoms with Crippen molar-refractivity contribution in [3.63, 3.8) is 0 Å². The van der Waals surface area contributed by atoms with E-state index in [-0.39, 0.29) is 17.7 Å². The first-order chi connectivity index (χ1) is 11.3. The fraction of sp³-hybridized carbons (Fsp3) is 0.316. The Bertz CT molecular complexity index is 748. The molecule has 0 radical (unpaired) electrons. The molecule has 2 nitrogen and oxygen atoms in total. The van der Waals surface area contributed by atoms with Gasteiger partial charge in [0.2, 0.25) is 5.91 Å². The Morgan fingerprint density at radius 1 is 1.13 bits per heavy atom. The molecule has 4 rings (SSSR count). The number of amides is 1. The Kier molecular flexibility index (Phi) is 4.08. The number of anilines is 1. The van der Waals surface area contributed by atoms with Crippen molar-refractivity contribution in [3.8, 4) is 0 Å². The number of nitrogens with zero attached hydrogens (tertiary/aromatic N) is 1. The van der Waals surface area contributed by atoms with Crippen LogP contribution in [0.5, 0.6) is 0 Å². The van der Waals surface area contributed by atoms with Gasteiger partial charge >= 0.3 is 0 Å². The van der Waals surface area contributed by atoms with Crippen LogP contribution < -0.4 is 4.90 Å². The highest BCUT2D eigenvalue weighted by molar-refractivity contribution is 7.99. The molecule has 2 aromatic rings. The summed E-state index contributed by atoms with van der Waals surface area (Å²) in [6, 6.07) is 16.1. The van der Waals surface area contributed by atoms with Gasteiger partial charge in [-0.1, -0.05) is 41.9 Å². The van der Waals surface area contributed by atoms with Crippen molar-refractivity contribution >= 4 is 35.0 Å². The number of para-hydroxylation sites is 1. The number of thioether (sulfide) groups is 1. The molecule has 1 amide bonds. The van der Waals surface area contributed by atoms with E-state index in [1.807, 2.05) is 53.1 Å². The normalized spacial score (nSPS) is 23.1. The van der Waals surface area contributed by atoms with Crippen molar-refractivity contribution in [1.82, 2.24) is 0 Å². The van der Waals surface area contributed by atoms with E-state index in [1.54, 1.807) is 0 Å². The average molecular weight is 344 g/mol. The van der Waals surface area contributed by atoms with Crippen molar-refractivity contribution < 1.29 is 4.79 Å². The van der Waals surface area contributed by atoms with Crippen molar-refractivity contribution in [1.29, 1.82) is 0 Å². The van der Waals surface area contributed by atoms with Crippen LogP contribution in [0.4, 0.5) is 5.69 Å². The van der Waals surface area contributed by atoms with E-state index < -0.39 is 0 Å². The fourth-order valence-corrected chi connectivity index (χ4v) is 4.61. The standard InChI is InChI=1S/C19H18ClNOS/c20-16-7-2-1-6-13(16)14-12-15(14)19(22)21-10-5-11-23-18-9-4-3-8-17(18)21/h1-4,6-9,14-15H,5,10-12H2.